The first-order chi connectivity index (χ1) is 13.9. The summed E-state index contributed by atoms with van der Waals surface area (Å²) in [5.41, 5.74) is 1.68. The van der Waals surface area contributed by atoms with E-state index < -0.39 is 33.9 Å². The van der Waals surface area contributed by atoms with Crippen LogP contribution in [-0.4, -0.2) is 38.1 Å². The van der Waals surface area contributed by atoms with Crippen molar-refractivity contribution in [3.63, 3.8) is 0 Å². The zero-order chi connectivity index (χ0) is 21.0. The number of rotatable bonds is 7. The van der Waals surface area contributed by atoms with Gasteiger partial charge in [0.15, 0.2) is 0 Å². The summed E-state index contributed by atoms with van der Waals surface area (Å²) < 4.78 is 33.3. The fourth-order valence-electron chi connectivity index (χ4n) is 3.87. The SMILES string of the molecule is CCOC(=O)C[C@@H]1CN(S(=O)(=O)c2ccc(C)cc2)[C@H](c2ccccc2)[C@H]1C=O. The molecule has 1 aliphatic rings. The topological polar surface area (TPSA) is 80.8 Å². The molecule has 0 spiro atoms. The second-order valence-electron chi connectivity index (χ2n) is 7.23. The Hall–Kier alpha value is -2.51. The van der Waals surface area contributed by atoms with E-state index in [0.717, 1.165) is 17.4 Å². The molecule has 7 heteroatoms. The summed E-state index contributed by atoms with van der Waals surface area (Å²) in [5, 5.41) is 0. The average molecular weight is 416 g/mol. The molecule has 0 N–H and O–H groups in total. The average Bonchev–Trinajstić information content (AvgIpc) is 3.08. The number of nitrogens with zero attached hydrogens (tertiary/aromatic N) is 1. The van der Waals surface area contributed by atoms with Crippen LogP contribution in [0.4, 0.5) is 0 Å². The minimum Gasteiger partial charge on any atom is -0.466 e. The first-order valence-electron chi connectivity index (χ1n) is 9.62. The van der Waals surface area contributed by atoms with Crippen LogP contribution in [-0.2, 0) is 24.3 Å². The number of carbonyl (C=O) groups is 2. The van der Waals surface area contributed by atoms with Crippen LogP contribution in [0.1, 0.15) is 30.5 Å². The highest BCUT2D eigenvalue weighted by Crippen LogP contribution is 2.44. The molecule has 1 heterocycles. The molecule has 1 fully saturated rings. The van der Waals surface area contributed by atoms with Crippen LogP contribution in [0.3, 0.4) is 0 Å². The van der Waals surface area contributed by atoms with Gasteiger partial charge in [-0.25, -0.2) is 8.42 Å². The van der Waals surface area contributed by atoms with Crippen molar-refractivity contribution in [1.82, 2.24) is 4.31 Å². The highest BCUT2D eigenvalue weighted by molar-refractivity contribution is 7.89. The number of aryl methyl sites for hydroxylation is 1. The van der Waals surface area contributed by atoms with E-state index in [1.807, 2.05) is 37.3 Å². The summed E-state index contributed by atoms with van der Waals surface area (Å²) in [7, 11) is -3.85. The van der Waals surface area contributed by atoms with Crippen molar-refractivity contribution in [2.45, 2.75) is 31.2 Å². The Kier molecular flexibility index (Phi) is 6.49. The maximum Gasteiger partial charge on any atom is 0.306 e. The standard InChI is InChI=1S/C22H25NO5S/c1-3-28-21(25)13-18-14-23(29(26,27)19-11-9-16(2)10-12-19)22(20(18)15-24)17-7-5-4-6-8-17/h4-12,15,18,20,22H,3,13-14H2,1-2H3/t18-,20+,22-/m1/s1. The summed E-state index contributed by atoms with van der Waals surface area (Å²) in [6.07, 6.45) is 0.771. The molecule has 0 aliphatic carbocycles. The number of carbonyl (C=O) groups excluding carboxylic acids is 2. The normalized spacial score (nSPS) is 22.3. The van der Waals surface area contributed by atoms with Gasteiger partial charge in [-0.2, -0.15) is 4.31 Å². The molecule has 0 radical (unpaired) electrons. The van der Waals surface area contributed by atoms with Gasteiger partial charge in [0.05, 0.1) is 24.0 Å². The van der Waals surface area contributed by atoms with Gasteiger partial charge < -0.3 is 9.53 Å². The van der Waals surface area contributed by atoms with Gasteiger partial charge >= 0.3 is 5.97 Å². The fourth-order valence-corrected chi connectivity index (χ4v) is 5.57. The third-order valence-corrected chi connectivity index (χ3v) is 7.16. The minimum absolute atomic E-state index is 0.000494. The van der Waals surface area contributed by atoms with Gasteiger partial charge in [0.25, 0.3) is 0 Å². The van der Waals surface area contributed by atoms with Crippen LogP contribution in [0.2, 0.25) is 0 Å². The predicted molar refractivity (Wildman–Crippen MR) is 109 cm³/mol. The summed E-state index contributed by atoms with van der Waals surface area (Å²) in [6, 6.07) is 15.0. The van der Waals surface area contributed by atoms with Gasteiger partial charge in [0.1, 0.15) is 6.29 Å². The first kappa shape index (κ1) is 21.2. The van der Waals surface area contributed by atoms with E-state index in [9.17, 15) is 18.0 Å². The maximum atomic E-state index is 13.4. The molecular weight excluding hydrogens is 390 g/mol. The Morgan fingerprint density at radius 2 is 1.79 bits per heavy atom. The Morgan fingerprint density at radius 1 is 1.14 bits per heavy atom. The Balaban J connectivity index is 2.03. The molecular formula is C22H25NO5S. The summed E-state index contributed by atoms with van der Waals surface area (Å²) in [6.45, 7) is 3.92. The lowest BCUT2D eigenvalue weighted by molar-refractivity contribution is -0.144. The van der Waals surface area contributed by atoms with Crippen LogP contribution in [0, 0.1) is 18.8 Å². The third kappa shape index (κ3) is 4.41. The number of esters is 1. The number of sulfonamides is 1. The van der Waals surface area contributed by atoms with Crippen molar-refractivity contribution < 1.29 is 22.7 Å². The van der Waals surface area contributed by atoms with E-state index >= 15 is 0 Å². The summed E-state index contributed by atoms with van der Waals surface area (Å²) >= 11 is 0. The molecule has 29 heavy (non-hydrogen) atoms. The monoisotopic (exact) mass is 415 g/mol. The minimum atomic E-state index is -3.85. The van der Waals surface area contributed by atoms with E-state index in [-0.39, 0.29) is 24.5 Å². The van der Waals surface area contributed by atoms with Crippen LogP contribution in [0.15, 0.2) is 59.5 Å². The first-order valence-corrected chi connectivity index (χ1v) is 11.1. The Labute approximate surface area is 171 Å². The second kappa shape index (κ2) is 8.88. The molecule has 1 aliphatic heterocycles. The quantitative estimate of drug-likeness (QED) is 0.513. The highest BCUT2D eigenvalue weighted by Gasteiger charge is 2.48. The Morgan fingerprint density at radius 3 is 2.38 bits per heavy atom. The van der Waals surface area contributed by atoms with Gasteiger partial charge in [-0.15, -0.1) is 0 Å². The van der Waals surface area contributed by atoms with Crippen molar-refractivity contribution in [2.24, 2.45) is 11.8 Å². The Bertz CT molecular complexity index is 956. The lowest BCUT2D eigenvalue weighted by Crippen LogP contribution is -2.32. The zero-order valence-corrected chi connectivity index (χ0v) is 17.3. The van der Waals surface area contributed by atoms with Crippen molar-refractivity contribution >= 4 is 22.3 Å². The number of hydrogen-bond acceptors (Lipinski definition) is 5. The van der Waals surface area contributed by atoms with Crippen LogP contribution in [0.25, 0.3) is 0 Å². The van der Waals surface area contributed by atoms with Gasteiger partial charge in [-0.3, -0.25) is 4.79 Å². The molecule has 2 aromatic carbocycles. The molecule has 3 rings (SSSR count). The smallest absolute Gasteiger partial charge is 0.306 e. The van der Waals surface area contributed by atoms with Crippen molar-refractivity contribution in [3.8, 4) is 0 Å². The third-order valence-electron chi connectivity index (χ3n) is 5.29. The van der Waals surface area contributed by atoms with Gasteiger partial charge in [-0.1, -0.05) is 48.0 Å². The molecule has 0 amide bonds. The van der Waals surface area contributed by atoms with Crippen LogP contribution < -0.4 is 0 Å². The lowest BCUT2D eigenvalue weighted by atomic mass is 9.86. The van der Waals surface area contributed by atoms with E-state index in [1.165, 1.54) is 4.31 Å². The lowest BCUT2D eigenvalue weighted by Gasteiger charge is -2.26. The van der Waals surface area contributed by atoms with Gasteiger partial charge in [0, 0.05) is 12.5 Å². The number of hydrogen-bond donors (Lipinski definition) is 0. The number of benzene rings is 2. The predicted octanol–water partition coefficient (Wildman–Crippen LogP) is 3.13. The van der Waals surface area contributed by atoms with Crippen LogP contribution >= 0.6 is 0 Å². The number of ether oxygens (including phenoxy) is 1. The highest BCUT2D eigenvalue weighted by atomic mass is 32.2. The molecule has 0 bridgehead atoms. The zero-order valence-electron chi connectivity index (χ0n) is 16.5. The van der Waals surface area contributed by atoms with E-state index in [0.29, 0.717) is 0 Å². The molecule has 6 nitrogen and oxygen atoms in total. The number of aldehydes is 1. The van der Waals surface area contributed by atoms with E-state index in [2.05, 4.69) is 0 Å². The summed E-state index contributed by atoms with van der Waals surface area (Å²) in [5.74, 6) is -1.51. The van der Waals surface area contributed by atoms with Crippen LogP contribution in [0.5, 0.6) is 0 Å². The maximum absolute atomic E-state index is 13.4. The van der Waals surface area contributed by atoms with Gasteiger partial charge in [0.2, 0.25) is 10.0 Å². The largest absolute Gasteiger partial charge is 0.466 e. The molecule has 3 atom stereocenters. The molecule has 2 aromatic rings. The van der Waals surface area contributed by atoms with Gasteiger partial charge in [-0.05, 0) is 37.5 Å². The fraction of sp³-hybridized carbons (Fsp3) is 0.364. The molecule has 154 valence electrons. The van der Waals surface area contributed by atoms with E-state index in [4.69, 9.17) is 4.74 Å². The van der Waals surface area contributed by atoms with E-state index in [1.54, 1.807) is 31.2 Å². The molecule has 0 aromatic heterocycles. The van der Waals surface area contributed by atoms with Crippen molar-refractivity contribution in [1.29, 1.82) is 0 Å². The van der Waals surface area contributed by atoms with Crippen molar-refractivity contribution in [3.05, 3.63) is 65.7 Å². The molecule has 1 saturated heterocycles. The molecule has 0 unspecified atom stereocenters. The summed E-state index contributed by atoms with van der Waals surface area (Å²) in [4.78, 5) is 24.3. The molecule has 0 saturated carbocycles. The second-order valence-corrected chi connectivity index (χ2v) is 9.12. The van der Waals surface area contributed by atoms with Crippen molar-refractivity contribution in [2.75, 3.05) is 13.2 Å².